The quantitative estimate of drug-likeness (QED) is 0.332. The summed E-state index contributed by atoms with van der Waals surface area (Å²) < 4.78 is 11.9. The molecule has 1 aliphatic rings. The van der Waals surface area contributed by atoms with E-state index >= 15 is 0 Å². The summed E-state index contributed by atoms with van der Waals surface area (Å²) in [5.74, 6) is -0.341. The Morgan fingerprint density at radius 2 is 1.85 bits per heavy atom. The minimum absolute atomic E-state index is 0.0239. The Balaban J connectivity index is 2.15. The van der Waals surface area contributed by atoms with Crippen LogP contribution in [0.4, 0.5) is 0 Å². The number of hydrogen-bond donors (Lipinski definition) is 1. The Labute approximate surface area is 210 Å². The number of thiocarbonyl (C=S) groups is 1. The molecule has 0 radical (unpaired) electrons. The van der Waals surface area contributed by atoms with Crippen LogP contribution in [0.2, 0.25) is 0 Å². The summed E-state index contributed by atoms with van der Waals surface area (Å²) in [6, 6.07) is 5.37. The van der Waals surface area contributed by atoms with E-state index in [1.807, 2.05) is 34.6 Å². The number of thioether (sulfide) groups is 1. The van der Waals surface area contributed by atoms with Crippen molar-refractivity contribution in [3.63, 3.8) is 0 Å². The average Bonchev–Trinajstić information content (AvgIpc) is 3.00. The summed E-state index contributed by atoms with van der Waals surface area (Å²) in [5.41, 5.74) is 0.721. The van der Waals surface area contributed by atoms with E-state index in [9.17, 15) is 14.4 Å². The molecule has 0 bridgehead atoms. The highest BCUT2D eigenvalue weighted by molar-refractivity contribution is 8.26. The van der Waals surface area contributed by atoms with E-state index in [-0.39, 0.29) is 43.5 Å². The first-order chi connectivity index (χ1) is 16.0. The minimum atomic E-state index is -0.908. The molecule has 1 aromatic rings. The highest BCUT2D eigenvalue weighted by atomic mass is 32.2. The molecule has 2 rings (SSSR count). The normalized spacial score (nSPS) is 14.9. The third kappa shape index (κ3) is 7.46. The van der Waals surface area contributed by atoms with Crippen LogP contribution in [0.25, 0.3) is 6.08 Å². The van der Waals surface area contributed by atoms with Crippen molar-refractivity contribution >= 4 is 52.2 Å². The van der Waals surface area contributed by atoms with Crippen molar-refractivity contribution in [1.29, 1.82) is 0 Å². The molecule has 186 valence electrons. The zero-order valence-corrected chi connectivity index (χ0v) is 21.8. The lowest BCUT2D eigenvalue weighted by atomic mass is 10.1. The number of carbonyl (C=O) groups excluding carboxylic acids is 2. The van der Waals surface area contributed by atoms with Crippen LogP contribution in [0.5, 0.6) is 11.5 Å². The maximum Gasteiger partial charge on any atom is 0.303 e. The van der Waals surface area contributed by atoms with Crippen molar-refractivity contribution in [2.24, 2.45) is 0 Å². The molecule has 0 saturated carbocycles. The van der Waals surface area contributed by atoms with Crippen molar-refractivity contribution in [3.8, 4) is 11.5 Å². The van der Waals surface area contributed by atoms with Crippen molar-refractivity contribution in [1.82, 2.24) is 9.80 Å². The molecule has 1 saturated heterocycles. The molecule has 34 heavy (non-hydrogen) atoms. The maximum atomic E-state index is 12.7. The third-order valence-electron chi connectivity index (χ3n) is 4.96. The molecule has 0 unspecified atom stereocenters. The van der Waals surface area contributed by atoms with Crippen LogP contribution in [0, 0.1) is 0 Å². The molecule has 1 aliphatic heterocycles. The van der Waals surface area contributed by atoms with Gasteiger partial charge in [0.2, 0.25) is 0 Å². The van der Waals surface area contributed by atoms with Crippen molar-refractivity contribution in [2.45, 2.75) is 59.5 Å². The van der Waals surface area contributed by atoms with Crippen LogP contribution < -0.4 is 9.47 Å². The number of carboxylic acid groups (broad SMARTS) is 1. The second-order valence-electron chi connectivity index (χ2n) is 8.25. The van der Waals surface area contributed by atoms with Crippen LogP contribution in [0.15, 0.2) is 23.1 Å². The van der Waals surface area contributed by atoms with E-state index in [1.165, 1.54) is 16.7 Å². The lowest BCUT2D eigenvalue weighted by Gasteiger charge is -2.30. The smallest absolute Gasteiger partial charge is 0.303 e. The van der Waals surface area contributed by atoms with Gasteiger partial charge in [0.1, 0.15) is 4.32 Å². The molecule has 1 N–H and O–H groups in total. The van der Waals surface area contributed by atoms with Crippen LogP contribution in [0.3, 0.4) is 0 Å². The summed E-state index contributed by atoms with van der Waals surface area (Å²) >= 11 is 6.47. The molecule has 0 spiro atoms. The molecule has 2 amide bonds. The van der Waals surface area contributed by atoms with E-state index in [2.05, 4.69) is 0 Å². The van der Waals surface area contributed by atoms with Gasteiger partial charge in [-0.3, -0.25) is 19.3 Å². The highest BCUT2D eigenvalue weighted by Gasteiger charge is 2.31. The van der Waals surface area contributed by atoms with Crippen LogP contribution in [-0.2, 0) is 14.4 Å². The molecule has 8 nitrogen and oxygen atoms in total. The Kier molecular flexibility index (Phi) is 10.4. The van der Waals surface area contributed by atoms with Crippen LogP contribution in [-0.4, -0.2) is 68.9 Å². The van der Waals surface area contributed by atoms with Gasteiger partial charge in [0, 0.05) is 25.0 Å². The SMILES string of the molecule is CCOc1cc(C=C2SC(=S)N(CCCC(=O)O)C2=O)ccc1OCC(=O)N(C(C)C)C(C)C. The van der Waals surface area contributed by atoms with Crippen molar-refractivity contribution in [3.05, 3.63) is 28.7 Å². The predicted molar refractivity (Wildman–Crippen MR) is 137 cm³/mol. The summed E-state index contributed by atoms with van der Waals surface area (Å²) in [5, 5.41) is 8.81. The van der Waals surface area contributed by atoms with Gasteiger partial charge < -0.3 is 19.5 Å². The van der Waals surface area contributed by atoms with E-state index in [0.717, 1.165) is 5.56 Å². The highest BCUT2D eigenvalue weighted by Crippen LogP contribution is 2.35. The standard InChI is InChI=1S/C24H32N2O6S2/c1-6-31-19-12-17(9-10-18(19)32-14-21(27)26(15(2)3)16(4)5)13-20-23(30)25(24(33)34-20)11-7-8-22(28)29/h9-10,12-13,15-16H,6-8,11,14H2,1-5H3,(H,28,29). The molecule has 0 aliphatic carbocycles. The molecule has 1 heterocycles. The van der Waals surface area contributed by atoms with Gasteiger partial charge in [-0.25, -0.2) is 0 Å². The molecule has 1 fully saturated rings. The summed E-state index contributed by atoms with van der Waals surface area (Å²) in [6.07, 6.45) is 2.02. The largest absolute Gasteiger partial charge is 0.490 e. The first-order valence-electron chi connectivity index (χ1n) is 11.2. The van der Waals surface area contributed by atoms with Gasteiger partial charge in [-0.15, -0.1) is 0 Å². The number of ether oxygens (including phenoxy) is 2. The van der Waals surface area contributed by atoms with E-state index in [0.29, 0.717) is 33.8 Å². The van der Waals surface area contributed by atoms with Gasteiger partial charge in [0.25, 0.3) is 11.8 Å². The molecular formula is C24H32N2O6S2. The monoisotopic (exact) mass is 508 g/mol. The van der Waals surface area contributed by atoms with E-state index in [1.54, 1.807) is 29.2 Å². The third-order valence-corrected chi connectivity index (χ3v) is 6.34. The topological polar surface area (TPSA) is 96.4 Å². The number of nitrogens with zero attached hydrogens (tertiary/aromatic N) is 2. The lowest BCUT2D eigenvalue weighted by molar-refractivity contribution is -0.138. The zero-order valence-electron chi connectivity index (χ0n) is 20.2. The fourth-order valence-electron chi connectivity index (χ4n) is 3.62. The number of rotatable bonds is 12. The minimum Gasteiger partial charge on any atom is -0.490 e. The Morgan fingerprint density at radius 3 is 2.44 bits per heavy atom. The summed E-state index contributed by atoms with van der Waals surface area (Å²) in [7, 11) is 0. The number of amides is 2. The average molecular weight is 509 g/mol. The van der Waals surface area contributed by atoms with Gasteiger partial charge in [0.05, 0.1) is 11.5 Å². The fourth-order valence-corrected chi connectivity index (χ4v) is 4.93. The molecule has 0 atom stereocenters. The summed E-state index contributed by atoms with van der Waals surface area (Å²) in [6.45, 7) is 10.3. The molecular weight excluding hydrogens is 476 g/mol. The number of hydrogen-bond acceptors (Lipinski definition) is 7. The molecule has 10 heteroatoms. The number of carbonyl (C=O) groups is 3. The van der Waals surface area contributed by atoms with Crippen molar-refractivity contribution < 1.29 is 29.0 Å². The second kappa shape index (κ2) is 12.8. The maximum absolute atomic E-state index is 12.7. The molecule has 1 aromatic carbocycles. The Bertz CT molecular complexity index is 953. The van der Waals surface area contributed by atoms with Gasteiger partial charge in [0.15, 0.2) is 18.1 Å². The first-order valence-corrected chi connectivity index (χ1v) is 12.5. The number of aliphatic carboxylic acids is 1. The van der Waals surface area contributed by atoms with Crippen LogP contribution >= 0.6 is 24.0 Å². The van der Waals surface area contributed by atoms with Gasteiger partial charge in [-0.2, -0.15) is 0 Å². The fraction of sp³-hybridized carbons (Fsp3) is 0.500. The van der Waals surface area contributed by atoms with Crippen molar-refractivity contribution in [2.75, 3.05) is 19.8 Å². The Morgan fingerprint density at radius 1 is 1.18 bits per heavy atom. The first kappa shape index (κ1) is 27.7. The van der Waals surface area contributed by atoms with Gasteiger partial charge >= 0.3 is 5.97 Å². The Hall–Kier alpha value is -2.59. The number of benzene rings is 1. The summed E-state index contributed by atoms with van der Waals surface area (Å²) in [4.78, 5) is 39.8. The molecule has 0 aromatic heterocycles. The van der Waals surface area contributed by atoms with E-state index < -0.39 is 5.97 Å². The predicted octanol–water partition coefficient (Wildman–Crippen LogP) is 4.18. The van der Waals surface area contributed by atoms with Crippen LogP contribution in [0.1, 0.15) is 53.0 Å². The zero-order chi connectivity index (χ0) is 25.4. The lowest BCUT2D eigenvalue weighted by Crippen LogP contribution is -2.44. The second-order valence-corrected chi connectivity index (χ2v) is 9.92. The van der Waals surface area contributed by atoms with Gasteiger partial charge in [-0.1, -0.05) is 30.0 Å². The van der Waals surface area contributed by atoms with Gasteiger partial charge in [-0.05, 0) is 64.8 Å². The number of carboxylic acids is 1. The van der Waals surface area contributed by atoms with E-state index in [4.69, 9.17) is 26.8 Å².